The maximum atomic E-state index is 2.66. The molecule has 3 heterocycles. The van der Waals surface area contributed by atoms with Gasteiger partial charge in [-0.05, 0) is 138 Å². The number of benzene rings is 11. The predicted molar refractivity (Wildman–Crippen MR) is 309 cm³/mol. The SMILES string of the molecule is Cc1cc(C)c(-c2ccc3ccccc3c2N2c3ccccc3B3c4ccccc4N(c4c(-c5c(C)cc(C)cc5C)ccc5ccccc45)c4cc(-n5c6ccccc6c6ccccc65)cc2c43)c(C)c1. The standard InChI is InChI=1S/C68H52BN3/c1-41-35-43(3)64(44(4)36-41)54-33-31-47-19-7-9-21-50(47)67(54)71-60-29-17-13-25-56(60)69-57-26-14-18-30-61(57)72(68-51-22-10-8-20-48(51)32-34-55(68)65-45(5)37-42(2)38-46(65)6)63-40-49(39-62(71)66(63)69)70-58-27-15-11-23-52(58)53-24-12-16-28-59(53)70/h7-40H,1-6H3. The minimum absolute atomic E-state index is 0.0513. The average Bonchev–Trinajstić information content (AvgIpc) is 3.72. The summed E-state index contributed by atoms with van der Waals surface area (Å²) in [6.07, 6.45) is 0. The summed E-state index contributed by atoms with van der Waals surface area (Å²) < 4.78 is 2.52. The van der Waals surface area contributed by atoms with Gasteiger partial charge in [-0.15, -0.1) is 0 Å². The second-order valence-electron chi connectivity index (χ2n) is 20.4. The molecule has 4 heteroatoms. The number of hydrogen-bond donors (Lipinski definition) is 0. The average molecular weight is 922 g/mol. The Hall–Kier alpha value is -8.60. The van der Waals surface area contributed by atoms with E-state index in [1.807, 2.05) is 0 Å². The highest BCUT2D eigenvalue weighted by atomic mass is 15.2. The van der Waals surface area contributed by atoms with Gasteiger partial charge in [0, 0.05) is 55.4 Å². The third kappa shape index (κ3) is 6.12. The van der Waals surface area contributed by atoms with Crippen LogP contribution in [0.5, 0.6) is 0 Å². The topological polar surface area (TPSA) is 11.4 Å². The zero-order valence-corrected chi connectivity index (χ0v) is 41.5. The molecule has 3 nitrogen and oxygen atoms in total. The van der Waals surface area contributed by atoms with E-state index in [2.05, 4.69) is 262 Å². The Morgan fingerprint density at radius 1 is 0.333 bits per heavy atom. The van der Waals surface area contributed by atoms with Crippen molar-refractivity contribution in [2.45, 2.75) is 41.5 Å². The summed E-state index contributed by atoms with van der Waals surface area (Å²) in [7, 11) is 0. The molecule has 0 saturated heterocycles. The molecule has 1 aromatic heterocycles. The molecule has 0 bridgehead atoms. The highest BCUT2D eigenvalue weighted by molar-refractivity contribution is 7.00. The molecule has 14 rings (SSSR count). The lowest BCUT2D eigenvalue weighted by molar-refractivity contribution is 1.16. The fourth-order valence-electron chi connectivity index (χ4n) is 13.3. The van der Waals surface area contributed by atoms with Crippen LogP contribution in [0.1, 0.15) is 33.4 Å². The van der Waals surface area contributed by atoms with Crippen LogP contribution in [0, 0.1) is 41.5 Å². The molecule has 11 aromatic carbocycles. The lowest BCUT2D eigenvalue weighted by Crippen LogP contribution is -2.61. The molecule has 72 heavy (non-hydrogen) atoms. The Morgan fingerprint density at radius 2 is 0.708 bits per heavy atom. The summed E-state index contributed by atoms with van der Waals surface area (Å²) in [6, 6.07) is 78.2. The summed E-state index contributed by atoms with van der Waals surface area (Å²) in [5.41, 5.74) is 27.2. The van der Waals surface area contributed by atoms with E-state index in [1.54, 1.807) is 0 Å². The molecule has 0 radical (unpaired) electrons. The Balaban J connectivity index is 1.19. The van der Waals surface area contributed by atoms with E-state index in [4.69, 9.17) is 0 Å². The van der Waals surface area contributed by atoms with Gasteiger partial charge in [-0.25, -0.2) is 0 Å². The Labute approximate surface area is 421 Å². The Morgan fingerprint density at radius 3 is 1.15 bits per heavy atom. The van der Waals surface area contributed by atoms with Crippen molar-refractivity contribution in [2.24, 2.45) is 0 Å². The smallest absolute Gasteiger partial charge is 0.252 e. The zero-order valence-electron chi connectivity index (χ0n) is 41.5. The van der Waals surface area contributed by atoms with E-state index < -0.39 is 0 Å². The van der Waals surface area contributed by atoms with E-state index >= 15 is 0 Å². The second-order valence-corrected chi connectivity index (χ2v) is 20.4. The van der Waals surface area contributed by atoms with Gasteiger partial charge in [0.2, 0.25) is 0 Å². The Bertz CT molecular complexity index is 3960. The number of hydrogen-bond acceptors (Lipinski definition) is 2. The van der Waals surface area contributed by atoms with Gasteiger partial charge < -0.3 is 14.4 Å². The third-order valence-electron chi connectivity index (χ3n) is 15.8. The van der Waals surface area contributed by atoms with E-state index in [-0.39, 0.29) is 6.71 Å². The third-order valence-corrected chi connectivity index (χ3v) is 15.8. The first-order valence-corrected chi connectivity index (χ1v) is 25.4. The van der Waals surface area contributed by atoms with Crippen molar-refractivity contribution in [3.8, 4) is 27.9 Å². The first-order valence-electron chi connectivity index (χ1n) is 25.4. The number of aryl methyl sites for hydroxylation is 6. The van der Waals surface area contributed by atoms with E-state index in [1.165, 1.54) is 149 Å². The summed E-state index contributed by atoms with van der Waals surface area (Å²) in [5.74, 6) is 0. The number of aromatic nitrogens is 1. The van der Waals surface area contributed by atoms with Crippen molar-refractivity contribution in [3.63, 3.8) is 0 Å². The maximum absolute atomic E-state index is 2.66. The zero-order chi connectivity index (χ0) is 48.5. The van der Waals surface area contributed by atoms with Gasteiger partial charge in [0.1, 0.15) is 0 Å². The van der Waals surface area contributed by atoms with Crippen molar-refractivity contribution >= 4 is 101 Å². The van der Waals surface area contributed by atoms with Crippen LogP contribution < -0.4 is 26.2 Å². The molecular weight excluding hydrogens is 870 g/mol. The number of para-hydroxylation sites is 4. The molecule has 0 aliphatic carbocycles. The monoisotopic (exact) mass is 921 g/mol. The van der Waals surface area contributed by atoms with E-state index in [0.29, 0.717) is 0 Å². The van der Waals surface area contributed by atoms with Crippen LogP contribution >= 0.6 is 0 Å². The lowest BCUT2D eigenvalue weighted by atomic mass is 9.33. The van der Waals surface area contributed by atoms with Crippen LogP contribution in [-0.2, 0) is 0 Å². The molecule has 0 saturated carbocycles. The van der Waals surface area contributed by atoms with Gasteiger partial charge in [0.05, 0.1) is 28.1 Å². The van der Waals surface area contributed by atoms with Crippen molar-refractivity contribution in [3.05, 3.63) is 240 Å². The quantitative estimate of drug-likeness (QED) is 0.159. The molecule has 0 unspecified atom stereocenters. The second kappa shape index (κ2) is 16.0. The van der Waals surface area contributed by atoms with E-state index in [0.717, 1.165) is 5.69 Å². The van der Waals surface area contributed by atoms with Gasteiger partial charge in [0.15, 0.2) is 0 Å². The summed E-state index contributed by atoms with van der Waals surface area (Å²) in [6.45, 7) is 13.5. The minimum Gasteiger partial charge on any atom is -0.310 e. The summed E-state index contributed by atoms with van der Waals surface area (Å²) in [5, 5.41) is 7.33. The van der Waals surface area contributed by atoms with Crippen LogP contribution in [0.4, 0.5) is 34.1 Å². The van der Waals surface area contributed by atoms with Gasteiger partial charge in [0.25, 0.3) is 6.71 Å². The lowest BCUT2D eigenvalue weighted by Gasteiger charge is -2.45. The van der Waals surface area contributed by atoms with Crippen molar-refractivity contribution in [1.29, 1.82) is 0 Å². The molecule has 0 N–H and O–H groups in total. The van der Waals surface area contributed by atoms with Crippen LogP contribution in [0.15, 0.2) is 206 Å². The predicted octanol–water partition coefficient (Wildman–Crippen LogP) is 16.4. The molecule has 0 atom stereocenters. The fourth-order valence-corrected chi connectivity index (χ4v) is 13.3. The molecule has 2 aliphatic heterocycles. The Kier molecular flexibility index (Phi) is 9.38. The van der Waals surface area contributed by atoms with Gasteiger partial charge >= 0.3 is 0 Å². The van der Waals surface area contributed by atoms with E-state index in [9.17, 15) is 0 Å². The first-order chi connectivity index (χ1) is 35.2. The molecule has 2 aliphatic rings. The van der Waals surface area contributed by atoms with Crippen molar-refractivity contribution in [1.82, 2.24) is 4.57 Å². The van der Waals surface area contributed by atoms with Crippen LogP contribution in [0.3, 0.4) is 0 Å². The molecule has 0 spiro atoms. The minimum atomic E-state index is -0.0513. The largest absolute Gasteiger partial charge is 0.310 e. The molecule has 12 aromatic rings. The highest BCUT2D eigenvalue weighted by Crippen LogP contribution is 2.53. The molecule has 0 fully saturated rings. The van der Waals surface area contributed by atoms with Crippen LogP contribution in [0.25, 0.3) is 71.3 Å². The number of nitrogens with zero attached hydrogens (tertiary/aromatic N) is 3. The fraction of sp³-hybridized carbons (Fsp3) is 0.0882. The summed E-state index contributed by atoms with van der Waals surface area (Å²) >= 11 is 0. The van der Waals surface area contributed by atoms with Gasteiger partial charge in [-0.3, -0.25) is 0 Å². The highest BCUT2D eigenvalue weighted by Gasteiger charge is 2.45. The molecule has 0 amide bonds. The van der Waals surface area contributed by atoms with Gasteiger partial charge in [-0.1, -0.05) is 181 Å². The van der Waals surface area contributed by atoms with Crippen LogP contribution in [0.2, 0.25) is 0 Å². The van der Waals surface area contributed by atoms with Crippen molar-refractivity contribution < 1.29 is 0 Å². The van der Waals surface area contributed by atoms with Crippen molar-refractivity contribution in [2.75, 3.05) is 9.80 Å². The van der Waals surface area contributed by atoms with Gasteiger partial charge in [-0.2, -0.15) is 0 Å². The van der Waals surface area contributed by atoms with Crippen LogP contribution in [-0.4, -0.2) is 11.3 Å². The normalized spacial score (nSPS) is 12.8. The summed E-state index contributed by atoms with van der Waals surface area (Å²) in [4.78, 5) is 5.31. The molecular formula is C68H52BN3. The number of rotatable bonds is 5. The maximum Gasteiger partial charge on any atom is 0.252 e. The first kappa shape index (κ1) is 42.3. The molecule has 342 valence electrons. The number of fused-ring (bicyclic) bond motifs is 9. The number of anilines is 6.